The van der Waals surface area contributed by atoms with E-state index in [9.17, 15) is 0 Å². The second-order valence-corrected chi connectivity index (χ2v) is 5.70. The Morgan fingerprint density at radius 3 is 2.95 bits per heavy atom. The van der Waals surface area contributed by atoms with Crippen LogP contribution in [0.4, 0.5) is 0 Å². The van der Waals surface area contributed by atoms with Crippen LogP contribution in [-0.4, -0.2) is 40.5 Å². The van der Waals surface area contributed by atoms with Gasteiger partial charge in [-0.05, 0) is 31.0 Å². The zero-order chi connectivity index (χ0) is 13.4. The Labute approximate surface area is 118 Å². The van der Waals surface area contributed by atoms with E-state index in [-0.39, 0.29) is 0 Å². The molecule has 2 aromatic rings. The van der Waals surface area contributed by atoms with Gasteiger partial charge in [-0.15, -0.1) is 0 Å². The first-order valence-electron chi connectivity index (χ1n) is 7.19. The smallest absolute Gasteiger partial charge is 0.195 e. The number of likely N-dealkylation sites (tertiary alicyclic amines) is 1. The second-order valence-electron chi connectivity index (χ2n) is 5.70. The first-order valence-corrected chi connectivity index (χ1v) is 7.19. The minimum absolute atomic E-state index is 0.652. The fraction of sp³-hybridized carbons (Fsp3) is 0.467. The number of hydrogen-bond donors (Lipinski definition) is 1. The van der Waals surface area contributed by atoms with Gasteiger partial charge >= 0.3 is 0 Å². The highest BCUT2D eigenvalue weighted by molar-refractivity contribution is 5.45. The van der Waals surface area contributed by atoms with Crippen LogP contribution in [0.1, 0.15) is 12.0 Å². The molecule has 2 aliphatic rings. The van der Waals surface area contributed by atoms with Crippen molar-refractivity contribution in [3.8, 4) is 11.6 Å². The molecule has 1 N–H and O–H groups in total. The lowest BCUT2D eigenvalue weighted by Gasteiger charge is -2.16. The van der Waals surface area contributed by atoms with Crippen LogP contribution in [0, 0.1) is 5.92 Å². The Morgan fingerprint density at radius 2 is 2.20 bits per heavy atom. The van der Waals surface area contributed by atoms with Gasteiger partial charge in [0.2, 0.25) is 0 Å². The zero-order valence-corrected chi connectivity index (χ0v) is 11.3. The Morgan fingerprint density at radius 1 is 1.30 bits per heavy atom. The molecule has 0 spiro atoms. The number of hydrogen-bond acceptors (Lipinski definition) is 5. The lowest BCUT2D eigenvalue weighted by molar-refractivity contribution is 0.306. The summed E-state index contributed by atoms with van der Waals surface area (Å²) in [6.07, 6.45) is 6.77. The van der Waals surface area contributed by atoms with Gasteiger partial charge in [0.05, 0.1) is 6.26 Å². The zero-order valence-electron chi connectivity index (χ0n) is 11.3. The van der Waals surface area contributed by atoms with Crippen LogP contribution in [-0.2, 0) is 6.54 Å². The Balaban J connectivity index is 1.42. The highest BCUT2D eigenvalue weighted by atomic mass is 16.3. The minimum Gasteiger partial charge on any atom is -0.461 e. The molecule has 4 heterocycles. The van der Waals surface area contributed by atoms with E-state index in [0.717, 1.165) is 24.8 Å². The van der Waals surface area contributed by atoms with Gasteiger partial charge in [0.15, 0.2) is 11.6 Å². The fourth-order valence-electron chi connectivity index (χ4n) is 3.30. The maximum atomic E-state index is 5.30. The summed E-state index contributed by atoms with van der Waals surface area (Å²) in [6, 6.07) is 4.42. The highest BCUT2D eigenvalue weighted by Crippen LogP contribution is 2.25. The number of nitrogens with one attached hydrogen (secondary N) is 1. The fourth-order valence-corrected chi connectivity index (χ4v) is 3.30. The van der Waals surface area contributed by atoms with E-state index in [2.05, 4.69) is 20.2 Å². The maximum absolute atomic E-state index is 5.30. The van der Waals surface area contributed by atoms with Crippen molar-refractivity contribution in [3.05, 3.63) is 36.4 Å². The molecule has 0 radical (unpaired) electrons. The van der Waals surface area contributed by atoms with Crippen LogP contribution in [0.2, 0.25) is 0 Å². The van der Waals surface area contributed by atoms with E-state index in [1.165, 1.54) is 25.1 Å². The predicted molar refractivity (Wildman–Crippen MR) is 74.9 cm³/mol. The number of fused-ring (bicyclic) bond motifs is 1. The van der Waals surface area contributed by atoms with E-state index in [4.69, 9.17) is 4.42 Å². The third-order valence-corrected chi connectivity index (χ3v) is 4.29. The molecule has 0 saturated carbocycles. The molecule has 0 bridgehead atoms. The standard InChI is InChI=1S/C15H18N4O/c1-2-14(20-5-1)15-17-6-11(7-18-15)8-19-9-12-3-4-16-13(12)10-19/h1-2,5-7,12-13,16H,3-4,8-10H2/t12-,13+/m0/s1. The summed E-state index contributed by atoms with van der Waals surface area (Å²) < 4.78 is 5.30. The molecular weight excluding hydrogens is 252 g/mol. The third-order valence-electron chi connectivity index (χ3n) is 4.29. The average Bonchev–Trinajstić information content (AvgIpc) is 3.15. The average molecular weight is 270 g/mol. The van der Waals surface area contributed by atoms with Crippen LogP contribution in [0.3, 0.4) is 0 Å². The van der Waals surface area contributed by atoms with Crippen molar-refractivity contribution in [2.75, 3.05) is 19.6 Å². The first kappa shape index (κ1) is 12.1. The van der Waals surface area contributed by atoms with Gasteiger partial charge in [-0.2, -0.15) is 0 Å². The van der Waals surface area contributed by atoms with Crippen LogP contribution < -0.4 is 5.32 Å². The molecule has 0 amide bonds. The summed E-state index contributed by atoms with van der Waals surface area (Å²) in [5.41, 5.74) is 1.17. The van der Waals surface area contributed by atoms with Crippen LogP contribution >= 0.6 is 0 Å². The maximum Gasteiger partial charge on any atom is 0.195 e. The SMILES string of the molecule is c1coc(-c2ncc(CN3C[C@@H]4CCN[C@@H]4C3)cn2)c1. The summed E-state index contributed by atoms with van der Waals surface area (Å²) in [6.45, 7) is 4.46. The van der Waals surface area contributed by atoms with Gasteiger partial charge in [-0.1, -0.05) is 0 Å². The van der Waals surface area contributed by atoms with Gasteiger partial charge in [0, 0.05) is 43.6 Å². The van der Waals surface area contributed by atoms with E-state index >= 15 is 0 Å². The van der Waals surface area contributed by atoms with E-state index in [0.29, 0.717) is 11.9 Å². The monoisotopic (exact) mass is 270 g/mol. The summed E-state index contributed by atoms with van der Waals surface area (Å²) >= 11 is 0. The quantitative estimate of drug-likeness (QED) is 0.916. The molecule has 5 heteroatoms. The Kier molecular flexibility index (Phi) is 3.01. The summed E-state index contributed by atoms with van der Waals surface area (Å²) in [7, 11) is 0. The van der Waals surface area contributed by atoms with Crippen LogP contribution in [0.25, 0.3) is 11.6 Å². The second kappa shape index (κ2) is 5.00. The molecule has 2 saturated heterocycles. The molecule has 2 atom stereocenters. The summed E-state index contributed by atoms with van der Waals surface area (Å²) in [5.74, 6) is 2.20. The number of rotatable bonds is 3. The number of aromatic nitrogens is 2. The number of nitrogens with zero attached hydrogens (tertiary/aromatic N) is 3. The normalized spacial score (nSPS) is 26.0. The van der Waals surface area contributed by atoms with Crippen molar-refractivity contribution in [2.24, 2.45) is 5.92 Å². The lowest BCUT2D eigenvalue weighted by Crippen LogP contribution is -2.29. The summed E-state index contributed by atoms with van der Waals surface area (Å²) in [5, 5.41) is 3.58. The molecular formula is C15H18N4O. The molecule has 5 nitrogen and oxygen atoms in total. The van der Waals surface area contributed by atoms with Gasteiger partial charge in [-0.3, -0.25) is 4.90 Å². The van der Waals surface area contributed by atoms with Gasteiger partial charge in [-0.25, -0.2) is 9.97 Å². The van der Waals surface area contributed by atoms with Crippen molar-refractivity contribution in [1.29, 1.82) is 0 Å². The van der Waals surface area contributed by atoms with Gasteiger partial charge < -0.3 is 9.73 Å². The Hall–Kier alpha value is -1.72. The molecule has 0 aliphatic carbocycles. The van der Waals surface area contributed by atoms with Crippen LogP contribution in [0.5, 0.6) is 0 Å². The molecule has 2 aromatic heterocycles. The largest absolute Gasteiger partial charge is 0.461 e. The molecule has 2 fully saturated rings. The van der Waals surface area contributed by atoms with E-state index in [1.807, 2.05) is 24.5 Å². The molecule has 20 heavy (non-hydrogen) atoms. The van der Waals surface area contributed by atoms with Crippen LogP contribution in [0.15, 0.2) is 35.2 Å². The summed E-state index contributed by atoms with van der Waals surface area (Å²) in [4.78, 5) is 11.3. The topological polar surface area (TPSA) is 54.2 Å². The third kappa shape index (κ3) is 2.23. The molecule has 0 unspecified atom stereocenters. The van der Waals surface area contributed by atoms with Crippen molar-refractivity contribution >= 4 is 0 Å². The lowest BCUT2D eigenvalue weighted by atomic mass is 10.1. The van der Waals surface area contributed by atoms with Gasteiger partial charge in [0.1, 0.15) is 0 Å². The highest BCUT2D eigenvalue weighted by Gasteiger charge is 2.35. The number of furan rings is 1. The van der Waals surface area contributed by atoms with Crippen molar-refractivity contribution in [3.63, 3.8) is 0 Å². The van der Waals surface area contributed by atoms with Gasteiger partial charge in [0.25, 0.3) is 0 Å². The van der Waals surface area contributed by atoms with Crippen molar-refractivity contribution in [2.45, 2.75) is 19.0 Å². The predicted octanol–water partition coefficient (Wildman–Crippen LogP) is 1.53. The minimum atomic E-state index is 0.652. The Bertz CT molecular complexity index is 554. The van der Waals surface area contributed by atoms with E-state index < -0.39 is 0 Å². The molecule has 4 rings (SSSR count). The molecule has 104 valence electrons. The van der Waals surface area contributed by atoms with Crippen molar-refractivity contribution in [1.82, 2.24) is 20.2 Å². The molecule has 2 aliphatic heterocycles. The molecule has 0 aromatic carbocycles. The first-order chi connectivity index (χ1) is 9.88. The van der Waals surface area contributed by atoms with Crippen molar-refractivity contribution < 1.29 is 4.42 Å². The van der Waals surface area contributed by atoms with E-state index in [1.54, 1.807) is 6.26 Å².